The fourth-order valence-corrected chi connectivity index (χ4v) is 4.05. The van der Waals surface area contributed by atoms with Crippen LogP contribution in [0.1, 0.15) is 44.1 Å². The van der Waals surface area contributed by atoms with E-state index in [-0.39, 0.29) is 40.6 Å². The summed E-state index contributed by atoms with van der Waals surface area (Å²) >= 11 is 0. The molecule has 35 heavy (non-hydrogen) atoms. The number of aromatic nitrogens is 1. The maximum Gasteiger partial charge on any atom is 0.310 e. The van der Waals surface area contributed by atoms with E-state index in [0.717, 1.165) is 66.0 Å². The van der Waals surface area contributed by atoms with Gasteiger partial charge >= 0.3 is 5.97 Å². The first-order chi connectivity index (χ1) is 16.2. The van der Waals surface area contributed by atoms with Gasteiger partial charge in [0.1, 0.15) is 5.69 Å². The molecule has 190 valence electrons. The molecule has 0 fully saturated rings. The molecule has 0 aliphatic carbocycles. The minimum atomic E-state index is -0.358. The SMILES string of the molecule is C[N+](C)(C)c1ccc(CC(=O)OCCCCCCCCn2ccc3cc([N+](=O)[O-])ccc32)cc1.[I-]. The number of rotatable bonds is 13. The van der Waals surface area contributed by atoms with E-state index in [4.69, 9.17) is 4.74 Å². The number of carbonyl (C=O) groups is 1. The third-order valence-corrected chi connectivity index (χ3v) is 6.08. The summed E-state index contributed by atoms with van der Waals surface area (Å²) in [7, 11) is 6.35. The van der Waals surface area contributed by atoms with Crippen LogP contribution in [0.2, 0.25) is 0 Å². The monoisotopic (exact) mass is 593 g/mol. The van der Waals surface area contributed by atoms with E-state index < -0.39 is 0 Å². The molecule has 1 heterocycles. The van der Waals surface area contributed by atoms with Gasteiger partial charge in [-0.05, 0) is 42.7 Å². The zero-order chi connectivity index (χ0) is 24.6. The van der Waals surface area contributed by atoms with E-state index in [1.165, 1.54) is 5.69 Å². The smallest absolute Gasteiger partial charge is 0.310 e. The maximum atomic E-state index is 12.1. The quantitative estimate of drug-likeness (QED) is 0.0764. The Balaban J connectivity index is 0.00000432. The first-order valence-electron chi connectivity index (χ1n) is 12.0. The summed E-state index contributed by atoms with van der Waals surface area (Å²) in [6.07, 6.45) is 8.76. The van der Waals surface area contributed by atoms with E-state index in [9.17, 15) is 14.9 Å². The van der Waals surface area contributed by atoms with Crippen LogP contribution >= 0.6 is 0 Å². The van der Waals surface area contributed by atoms with Gasteiger partial charge in [0.25, 0.3) is 5.69 Å². The van der Waals surface area contributed by atoms with Crippen molar-refractivity contribution >= 4 is 28.2 Å². The molecule has 2 aromatic carbocycles. The lowest BCUT2D eigenvalue weighted by molar-refractivity contribution is -0.384. The van der Waals surface area contributed by atoms with Crippen molar-refractivity contribution < 1.29 is 38.4 Å². The van der Waals surface area contributed by atoms with Crippen LogP contribution in [0.4, 0.5) is 11.4 Å². The maximum absolute atomic E-state index is 12.1. The number of esters is 1. The van der Waals surface area contributed by atoms with Gasteiger partial charge in [-0.2, -0.15) is 0 Å². The standard InChI is InChI=1S/C27H36N3O4.HI/c1-30(2,3)25-13-10-22(11-14-25)20-27(31)34-19-9-7-5-4-6-8-17-28-18-16-23-21-24(29(32)33)12-15-26(23)28;/h10-16,18,21H,4-9,17,19-20H2,1-3H3;1H/q+1;/p-1. The zero-order valence-electron chi connectivity index (χ0n) is 20.9. The molecule has 0 unspecified atom stereocenters. The minimum Gasteiger partial charge on any atom is -1.00 e. The van der Waals surface area contributed by atoms with Crippen LogP contribution in [-0.4, -0.2) is 43.2 Å². The van der Waals surface area contributed by atoms with Gasteiger partial charge < -0.3 is 33.3 Å². The second kappa shape index (κ2) is 13.6. The number of hydrogen-bond donors (Lipinski definition) is 0. The molecular weight excluding hydrogens is 557 g/mol. The Hall–Kier alpha value is -2.46. The Morgan fingerprint density at radius 1 is 0.943 bits per heavy atom. The van der Waals surface area contributed by atoms with Gasteiger partial charge in [-0.15, -0.1) is 0 Å². The number of nitro groups is 1. The zero-order valence-corrected chi connectivity index (χ0v) is 23.1. The van der Waals surface area contributed by atoms with Crippen molar-refractivity contribution in [1.82, 2.24) is 9.05 Å². The third kappa shape index (κ3) is 8.92. The topological polar surface area (TPSA) is 74.4 Å². The molecule has 0 N–H and O–H groups in total. The van der Waals surface area contributed by atoms with Crippen LogP contribution in [0, 0.1) is 10.1 Å². The van der Waals surface area contributed by atoms with Gasteiger partial charge in [0.05, 0.1) is 39.1 Å². The normalized spacial score (nSPS) is 11.3. The molecule has 0 spiro atoms. The van der Waals surface area contributed by atoms with Gasteiger partial charge in [0, 0.05) is 35.8 Å². The Bertz CT molecular complexity index is 1100. The number of nitrogens with zero attached hydrogens (tertiary/aromatic N) is 3. The molecule has 0 saturated carbocycles. The fraction of sp³-hybridized carbons (Fsp3) is 0.444. The number of non-ortho nitro benzene ring substituents is 1. The molecule has 0 amide bonds. The average Bonchev–Trinajstić information content (AvgIpc) is 3.20. The lowest BCUT2D eigenvalue weighted by Crippen LogP contribution is -3.00. The summed E-state index contributed by atoms with van der Waals surface area (Å²) < 4.78 is 8.31. The summed E-state index contributed by atoms with van der Waals surface area (Å²) in [5.41, 5.74) is 3.35. The van der Waals surface area contributed by atoms with Crippen LogP contribution in [-0.2, 0) is 22.5 Å². The first kappa shape index (κ1) is 28.8. The lowest BCUT2D eigenvalue weighted by Gasteiger charge is -2.23. The predicted molar refractivity (Wildman–Crippen MR) is 137 cm³/mol. The van der Waals surface area contributed by atoms with Crippen LogP contribution in [0.5, 0.6) is 0 Å². The number of benzene rings is 2. The van der Waals surface area contributed by atoms with Gasteiger partial charge in [-0.3, -0.25) is 19.4 Å². The van der Waals surface area contributed by atoms with Crippen LogP contribution < -0.4 is 28.5 Å². The minimum absolute atomic E-state index is 0. The van der Waals surface area contributed by atoms with Gasteiger partial charge in [-0.1, -0.05) is 37.8 Å². The molecule has 0 aliphatic rings. The Kier molecular flexibility index (Phi) is 11.2. The molecule has 7 nitrogen and oxygen atoms in total. The Morgan fingerprint density at radius 2 is 1.60 bits per heavy atom. The summed E-state index contributed by atoms with van der Waals surface area (Å²) in [4.78, 5) is 22.6. The van der Waals surface area contributed by atoms with Gasteiger partial charge in [-0.25, -0.2) is 0 Å². The molecule has 1 aromatic heterocycles. The highest BCUT2D eigenvalue weighted by Crippen LogP contribution is 2.22. The van der Waals surface area contributed by atoms with Crippen LogP contribution in [0.15, 0.2) is 54.7 Å². The van der Waals surface area contributed by atoms with E-state index in [2.05, 4.69) is 37.8 Å². The van der Waals surface area contributed by atoms with Crippen molar-refractivity contribution in [1.29, 1.82) is 0 Å². The second-order valence-corrected chi connectivity index (χ2v) is 9.71. The van der Waals surface area contributed by atoms with E-state index in [1.54, 1.807) is 12.1 Å². The fourth-order valence-electron chi connectivity index (χ4n) is 4.05. The van der Waals surface area contributed by atoms with Crippen molar-refractivity contribution in [3.05, 3.63) is 70.4 Å². The number of hydrogen-bond acceptors (Lipinski definition) is 4. The molecule has 0 radical (unpaired) electrons. The van der Waals surface area contributed by atoms with Gasteiger partial charge in [0.2, 0.25) is 0 Å². The molecule has 0 saturated heterocycles. The molecule has 0 bridgehead atoms. The van der Waals surface area contributed by atoms with Crippen LogP contribution in [0.3, 0.4) is 0 Å². The molecular formula is C27H36IN3O4. The summed E-state index contributed by atoms with van der Waals surface area (Å²) in [5.74, 6) is -0.165. The molecule has 3 rings (SSSR count). The summed E-state index contributed by atoms with van der Waals surface area (Å²) in [6, 6.07) is 15.1. The van der Waals surface area contributed by atoms with Crippen molar-refractivity contribution in [3.63, 3.8) is 0 Å². The van der Waals surface area contributed by atoms with Crippen LogP contribution in [0.25, 0.3) is 10.9 Å². The van der Waals surface area contributed by atoms with Gasteiger partial charge in [0.15, 0.2) is 0 Å². The van der Waals surface area contributed by atoms with Crippen molar-refractivity contribution in [2.45, 2.75) is 51.5 Å². The largest absolute Gasteiger partial charge is 1.00 e. The molecule has 8 heteroatoms. The highest BCUT2D eigenvalue weighted by molar-refractivity contribution is 5.82. The number of ether oxygens (including phenoxy) is 1. The molecule has 3 aromatic rings. The number of unbranched alkanes of at least 4 members (excludes halogenated alkanes) is 5. The van der Waals surface area contributed by atoms with Crippen molar-refractivity contribution in [2.75, 3.05) is 27.7 Å². The number of carbonyl (C=O) groups excluding carboxylic acids is 1. The number of halogens is 1. The van der Waals surface area contributed by atoms with Crippen molar-refractivity contribution in [3.8, 4) is 0 Å². The number of aryl methyl sites for hydroxylation is 1. The summed E-state index contributed by atoms with van der Waals surface area (Å²) in [5, 5.41) is 11.8. The number of fused-ring (bicyclic) bond motifs is 1. The molecule has 0 atom stereocenters. The average molecular weight is 594 g/mol. The molecule has 0 aliphatic heterocycles. The number of nitro benzene ring substituents is 1. The van der Waals surface area contributed by atoms with E-state index in [0.29, 0.717) is 13.0 Å². The first-order valence-corrected chi connectivity index (χ1v) is 12.0. The highest BCUT2D eigenvalue weighted by atomic mass is 127. The highest BCUT2D eigenvalue weighted by Gasteiger charge is 2.12. The van der Waals surface area contributed by atoms with E-state index in [1.807, 2.05) is 30.5 Å². The van der Waals surface area contributed by atoms with E-state index >= 15 is 0 Å². The van der Waals surface area contributed by atoms with Crippen molar-refractivity contribution in [2.24, 2.45) is 0 Å². The number of quaternary nitrogens is 1. The second-order valence-electron chi connectivity index (χ2n) is 9.71. The Labute approximate surface area is 224 Å². The summed E-state index contributed by atoms with van der Waals surface area (Å²) in [6.45, 7) is 1.39. The lowest BCUT2D eigenvalue weighted by atomic mass is 10.1. The third-order valence-electron chi connectivity index (χ3n) is 6.08. The predicted octanol–water partition coefficient (Wildman–Crippen LogP) is 2.88. The Morgan fingerprint density at radius 3 is 2.26 bits per heavy atom.